The summed E-state index contributed by atoms with van der Waals surface area (Å²) >= 11 is 0. The van der Waals surface area contributed by atoms with Gasteiger partial charge in [0.05, 0.1) is 12.6 Å². The first-order valence-corrected chi connectivity index (χ1v) is 4.39. The highest BCUT2D eigenvalue weighted by atomic mass is 19.4. The highest BCUT2D eigenvalue weighted by Gasteiger charge is 2.55. The summed E-state index contributed by atoms with van der Waals surface area (Å²) in [6.45, 7) is 0.371. The Morgan fingerprint density at radius 2 is 2.25 bits per heavy atom. The molecule has 2 heterocycles. The van der Waals surface area contributed by atoms with Crippen LogP contribution in [0.3, 0.4) is 0 Å². The van der Waals surface area contributed by atoms with Crippen LogP contribution in [0.15, 0.2) is 10.9 Å². The number of rotatable bonds is 0. The van der Waals surface area contributed by atoms with Gasteiger partial charge in [-0.05, 0) is 6.92 Å². The second-order valence-corrected chi connectivity index (χ2v) is 3.82. The molecule has 0 aliphatic carbocycles. The van der Waals surface area contributed by atoms with E-state index in [1.807, 2.05) is 0 Å². The topological polar surface area (TPSA) is 67.1 Å². The van der Waals surface area contributed by atoms with Crippen molar-refractivity contribution in [2.45, 2.75) is 25.2 Å². The molecular formula is C8H8F3N3O2. The van der Waals surface area contributed by atoms with E-state index in [1.165, 1.54) is 0 Å². The maximum Gasteiger partial charge on any atom is 0.412 e. The van der Waals surface area contributed by atoms with Crippen molar-refractivity contribution in [1.29, 1.82) is 0 Å². The van der Waals surface area contributed by atoms with Gasteiger partial charge in [0.2, 0.25) is 11.8 Å². The summed E-state index contributed by atoms with van der Waals surface area (Å²) in [6, 6.07) is 0.771. The van der Waals surface area contributed by atoms with Crippen molar-refractivity contribution in [2.24, 2.45) is 0 Å². The standard InChI is InChI=1S/C8H8F3N3O2/c1-7(8(9,10)11)3-14-5(16)2-4(15)12-6(14)13-7/h2,15H,3H2,1H3,(H,12,13)/t7-/m0/s1. The van der Waals surface area contributed by atoms with Crippen molar-refractivity contribution in [2.75, 3.05) is 5.32 Å². The van der Waals surface area contributed by atoms with Crippen LogP contribution < -0.4 is 10.9 Å². The molecule has 1 aliphatic heterocycles. The molecule has 0 saturated carbocycles. The molecule has 0 amide bonds. The Balaban J connectivity index is 2.49. The first-order chi connectivity index (χ1) is 7.23. The minimum atomic E-state index is -4.51. The third kappa shape index (κ3) is 1.41. The number of aromatic nitrogens is 2. The fourth-order valence-electron chi connectivity index (χ4n) is 1.51. The minimum Gasteiger partial charge on any atom is -0.493 e. The normalized spacial score (nSPS) is 24.0. The Morgan fingerprint density at radius 1 is 1.62 bits per heavy atom. The molecule has 0 aromatic carbocycles. The number of nitrogens with one attached hydrogen (secondary N) is 1. The van der Waals surface area contributed by atoms with Crippen LogP contribution in [0, 0.1) is 0 Å². The Kier molecular flexibility index (Phi) is 1.95. The van der Waals surface area contributed by atoms with Crippen molar-refractivity contribution in [3.8, 4) is 5.88 Å². The van der Waals surface area contributed by atoms with E-state index in [4.69, 9.17) is 5.11 Å². The second kappa shape index (κ2) is 2.89. The van der Waals surface area contributed by atoms with Gasteiger partial charge in [0.15, 0.2) is 5.54 Å². The predicted molar refractivity (Wildman–Crippen MR) is 48.2 cm³/mol. The third-order valence-corrected chi connectivity index (χ3v) is 2.48. The smallest absolute Gasteiger partial charge is 0.412 e. The van der Waals surface area contributed by atoms with E-state index in [1.54, 1.807) is 0 Å². The number of fused-ring (bicyclic) bond motifs is 1. The summed E-state index contributed by atoms with van der Waals surface area (Å²) in [5, 5.41) is 11.1. The summed E-state index contributed by atoms with van der Waals surface area (Å²) in [7, 11) is 0. The van der Waals surface area contributed by atoms with Crippen molar-refractivity contribution in [1.82, 2.24) is 9.55 Å². The van der Waals surface area contributed by atoms with Crippen LogP contribution in [-0.4, -0.2) is 26.4 Å². The molecule has 1 atom stereocenters. The van der Waals surface area contributed by atoms with Crippen molar-refractivity contribution < 1.29 is 18.3 Å². The van der Waals surface area contributed by atoms with Gasteiger partial charge in [0.25, 0.3) is 5.56 Å². The fraction of sp³-hybridized carbons (Fsp3) is 0.500. The summed E-state index contributed by atoms with van der Waals surface area (Å²) < 4.78 is 38.9. The number of anilines is 1. The molecule has 0 spiro atoms. The lowest BCUT2D eigenvalue weighted by Crippen LogP contribution is -2.48. The first kappa shape index (κ1) is 10.8. The molecule has 8 heteroatoms. The van der Waals surface area contributed by atoms with Gasteiger partial charge >= 0.3 is 6.18 Å². The van der Waals surface area contributed by atoms with Crippen molar-refractivity contribution in [3.05, 3.63) is 16.4 Å². The van der Waals surface area contributed by atoms with Crippen LogP contribution >= 0.6 is 0 Å². The quantitative estimate of drug-likeness (QED) is 0.694. The Hall–Kier alpha value is -1.73. The maximum absolute atomic E-state index is 12.7. The third-order valence-electron chi connectivity index (χ3n) is 2.48. The number of aromatic hydroxyl groups is 1. The molecule has 0 saturated heterocycles. The number of halogens is 3. The molecule has 88 valence electrons. The van der Waals surface area contributed by atoms with Crippen LogP contribution in [0.4, 0.5) is 19.1 Å². The van der Waals surface area contributed by atoms with Crippen molar-refractivity contribution >= 4 is 5.95 Å². The van der Waals surface area contributed by atoms with Crippen LogP contribution in [0.1, 0.15) is 6.92 Å². The fourth-order valence-corrected chi connectivity index (χ4v) is 1.51. The average Bonchev–Trinajstić information content (AvgIpc) is 2.42. The Morgan fingerprint density at radius 3 is 2.81 bits per heavy atom. The van der Waals surface area contributed by atoms with Crippen LogP contribution in [0.25, 0.3) is 0 Å². The van der Waals surface area contributed by atoms with Crippen molar-refractivity contribution in [3.63, 3.8) is 0 Å². The second-order valence-electron chi connectivity index (χ2n) is 3.82. The monoisotopic (exact) mass is 235 g/mol. The predicted octanol–water partition coefficient (Wildman–Crippen LogP) is 0.695. The number of hydrogen-bond acceptors (Lipinski definition) is 4. The molecule has 1 aromatic rings. The zero-order valence-corrected chi connectivity index (χ0v) is 8.17. The SMILES string of the molecule is C[C@@]1(C(F)(F)F)Cn2c(nc(O)cc2=O)N1. The number of hydrogen-bond donors (Lipinski definition) is 2. The molecule has 0 bridgehead atoms. The molecule has 1 aliphatic rings. The van der Waals surface area contributed by atoms with E-state index < -0.39 is 29.7 Å². The Labute approximate surface area is 87.5 Å². The average molecular weight is 235 g/mol. The number of nitrogens with zero attached hydrogens (tertiary/aromatic N) is 2. The first-order valence-electron chi connectivity index (χ1n) is 4.39. The van der Waals surface area contributed by atoms with Gasteiger partial charge in [0, 0.05) is 0 Å². The lowest BCUT2D eigenvalue weighted by atomic mass is 10.0. The molecule has 1 aromatic heterocycles. The molecule has 5 nitrogen and oxygen atoms in total. The lowest BCUT2D eigenvalue weighted by molar-refractivity contribution is -0.174. The summed E-state index contributed by atoms with van der Waals surface area (Å²) in [4.78, 5) is 14.7. The van der Waals surface area contributed by atoms with Gasteiger partial charge in [-0.3, -0.25) is 9.36 Å². The highest BCUT2D eigenvalue weighted by Crippen LogP contribution is 2.37. The summed E-state index contributed by atoms with van der Waals surface area (Å²) in [5.74, 6) is -0.875. The van der Waals surface area contributed by atoms with Gasteiger partial charge in [-0.2, -0.15) is 18.2 Å². The number of alkyl halides is 3. The molecular weight excluding hydrogens is 227 g/mol. The Bertz CT molecular complexity index is 496. The van der Waals surface area contributed by atoms with Gasteiger partial charge < -0.3 is 10.4 Å². The maximum atomic E-state index is 12.7. The highest BCUT2D eigenvalue weighted by molar-refractivity contribution is 5.38. The summed E-state index contributed by atoms with van der Waals surface area (Å²) in [5.41, 5.74) is -2.96. The zero-order chi connectivity index (χ0) is 12.1. The molecule has 16 heavy (non-hydrogen) atoms. The van der Waals surface area contributed by atoms with E-state index in [2.05, 4.69) is 10.3 Å². The minimum absolute atomic E-state index is 0.273. The largest absolute Gasteiger partial charge is 0.493 e. The van der Waals surface area contributed by atoms with Gasteiger partial charge in [-0.25, -0.2) is 0 Å². The molecule has 0 unspecified atom stereocenters. The van der Waals surface area contributed by atoms with E-state index in [-0.39, 0.29) is 5.95 Å². The lowest BCUT2D eigenvalue weighted by Gasteiger charge is -2.26. The van der Waals surface area contributed by atoms with Gasteiger partial charge in [-0.15, -0.1) is 0 Å². The molecule has 2 rings (SSSR count). The van der Waals surface area contributed by atoms with Crippen LogP contribution in [0.2, 0.25) is 0 Å². The molecule has 0 fully saturated rings. The van der Waals surface area contributed by atoms with Gasteiger partial charge in [-0.1, -0.05) is 0 Å². The van der Waals surface area contributed by atoms with Crippen LogP contribution in [0.5, 0.6) is 5.88 Å². The van der Waals surface area contributed by atoms with E-state index >= 15 is 0 Å². The van der Waals surface area contributed by atoms with E-state index in [0.29, 0.717) is 0 Å². The van der Waals surface area contributed by atoms with E-state index in [0.717, 1.165) is 17.6 Å². The summed E-state index contributed by atoms with van der Waals surface area (Å²) in [6.07, 6.45) is -4.51. The van der Waals surface area contributed by atoms with Gasteiger partial charge in [0.1, 0.15) is 0 Å². The molecule has 2 N–H and O–H groups in total. The van der Waals surface area contributed by atoms with E-state index in [9.17, 15) is 18.0 Å². The van der Waals surface area contributed by atoms with Crippen LogP contribution in [-0.2, 0) is 6.54 Å². The molecule has 0 radical (unpaired) electrons. The zero-order valence-electron chi connectivity index (χ0n) is 8.17.